The van der Waals surface area contributed by atoms with Crippen molar-refractivity contribution in [3.8, 4) is 5.75 Å². The van der Waals surface area contributed by atoms with Gasteiger partial charge in [-0.3, -0.25) is 4.79 Å². The van der Waals surface area contributed by atoms with Crippen molar-refractivity contribution >= 4 is 40.0 Å². The Morgan fingerprint density at radius 1 is 1.19 bits per heavy atom. The van der Waals surface area contributed by atoms with Gasteiger partial charge in [-0.25, -0.2) is 4.39 Å². The molecule has 1 amide bonds. The summed E-state index contributed by atoms with van der Waals surface area (Å²) in [5.74, 6) is 0.899. The molecule has 1 N–H and O–H groups in total. The fourth-order valence-corrected chi connectivity index (χ4v) is 4.81. The summed E-state index contributed by atoms with van der Waals surface area (Å²) >= 11 is 3.06. The van der Waals surface area contributed by atoms with Gasteiger partial charge in [0.05, 0.1) is 6.61 Å². The summed E-state index contributed by atoms with van der Waals surface area (Å²) in [5, 5.41) is 12.9. The number of aromatic nitrogens is 2. The lowest BCUT2D eigenvalue weighted by Crippen LogP contribution is -2.26. The highest BCUT2D eigenvalue weighted by Crippen LogP contribution is 2.33. The third-order valence-corrected chi connectivity index (χ3v) is 6.44. The van der Waals surface area contributed by atoms with Gasteiger partial charge < -0.3 is 14.5 Å². The Labute approximate surface area is 186 Å². The summed E-state index contributed by atoms with van der Waals surface area (Å²) < 4.78 is 25.2. The van der Waals surface area contributed by atoms with Gasteiger partial charge in [-0.1, -0.05) is 41.3 Å². The molecular weight excluding hydrogens is 437 g/mol. The molecule has 0 aliphatic carbocycles. The van der Waals surface area contributed by atoms with E-state index in [1.165, 1.54) is 35.2 Å². The van der Waals surface area contributed by atoms with E-state index in [9.17, 15) is 9.18 Å². The number of nitrogens with one attached hydrogen (secondary N) is 1. The smallest absolute Gasteiger partial charge is 0.287 e. The predicted molar refractivity (Wildman–Crippen MR) is 119 cm³/mol. The second kappa shape index (κ2) is 9.93. The highest BCUT2D eigenvalue weighted by Gasteiger charge is 2.20. The summed E-state index contributed by atoms with van der Waals surface area (Å²) in [6, 6.07) is 13.5. The van der Waals surface area contributed by atoms with Crippen molar-refractivity contribution in [1.82, 2.24) is 15.5 Å². The number of aryl methyl sites for hydroxylation is 1. The average Bonchev–Trinajstić information content (AvgIpc) is 3.36. The van der Waals surface area contributed by atoms with Crippen LogP contribution in [0.3, 0.4) is 0 Å². The average molecular weight is 458 g/mol. The molecule has 31 heavy (non-hydrogen) atoms. The maximum absolute atomic E-state index is 12.9. The molecule has 0 unspecified atom stereocenters. The zero-order valence-corrected chi connectivity index (χ0v) is 18.4. The number of fused-ring (bicyclic) bond motifs is 1. The van der Waals surface area contributed by atoms with Crippen LogP contribution in [-0.4, -0.2) is 29.3 Å². The lowest BCUT2D eigenvalue weighted by atomic mass is 10.1. The summed E-state index contributed by atoms with van der Waals surface area (Å²) in [5.41, 5.74) is 1.52. The van der Waals surface area contributed by atoms with Crippen LogP contribution in [0, 0.1) is 12.7 Å². The quantitative estimate of drug-likeness (QED) is 0.274. The van der Waals surface area contributed by atoms with Crippen LogP contribution in [0.15, 0.2) is 57.3 Å². The number of amides is 1. The fourth-order valence-electron chi connectivity index (χ4n) is 2.97. The molecule has 0 saturated carbocycles. The second-order valence-electron chi connectivity index (χ2n) is 6.69. The third-order valence-electron chi connectivity index (χ3n) is 4.44. The molecule has 4 aromatic rings. The van der Waals surface area contributed by atoms with Crippen LogP contribution in [0.4, 0.5) is 4.39 Å². The van der Waals surface area contributed by atoms with Crippen LogP contribution in [0.25, 0.3) is 11.0 Å². The Morgan fingerprint density at radius 2 is 2.00 bits per heavy atom. The summed E-state index contributed by atoms with van der Waals surface area (Å²) in [7, 11) is 0. The Balaban J connectivity index is 1.36. The number of furan rings is 1. The maximum atomic E-state index is 12.9. The van der Waals surface area contributed by atoms with Crippen molar-refractivity contribution in [3.63, 3.8) is 0 Å². The van der Waals surface area contributed by atoms with Crippen molar-refractivity contribution in [2.24, 2.45) is 0 Å². The highest BCUT2D eigenvalue weighted by molar-refractivity contribution is 8.00. The topological polar surface area (TPSA) is 77.2 Å². The van der Waals surface area contributed by atoms with E-state index in [0.717, 1.165) is 20.3 Å². The van der Waals surface area contributed by atoms with E-state index in [0.29, 0.717) is 42.4 Å². The van der Waals surface area contributed by atoms with E-state index in [2.05, 4.69) is 15.5 Å². The van der Waals surface area contributed by atoms with E-state index in [-0.39, 0.29) is 11.7 Å². The molecule has 6 nitrogen and oxygen atoms in total. The minimum absolute atomic E-state index is 0.262. The number of halogens is 1. The van der Waals surface area contributed by atoms with Crippen molar-refractivity contribution in [2.75, 3.05) is 13.2 Å². The van der Waals surface area contributed by atoms with Crippen LogP contribution in [-0.2, 0) is 5.75 Å². The van der Waals surface area contributed by atoms with Gasteiger partial charge in [0.15, 0.2) is 10.1 Å². The highest BCUT2D eigenvalue weighted by atomic mass is 32.2. The summed E-state index contributed by atoms with van der Waals surface area (Å²) in [6.07, 6.45) is 0.609. The first-order valence-electron chi connectivity index (χ1n) is 9.70. The van der Waals surface area contributed by atoms with Gasteiger partial charge in [-0.05, 0) is 43.7 Å². The van der Waals surface area contributed by atoms with Crippen molar-refractivity contribution in [1.29, 1.82) is 0 Å². The van der Waals surface area contributed by atoms with Crippen LogP contribution in [0.2, 0.25) is 0 Å². The molecule has 2 heterocycles. The minimum Gasteiger partial charge on any atom is -0.494 e. The predicted octanol–water partition coefficient (Wildman–Crippen LogP) is 5.22. The number of carbonyl (C=O) groups is 1. The monoisotopic (exact) mass is 457 g/mol. The molecule has 9 heteroatoms. The van der Waals surface area contributed by atoms with E-state index in [1.54, 1.807) is 12.1 Å². The number of benzene rings is 2. The molecule has 2 aromatic heterocycles. The number of carbonyl (C=O) groups excluding carboxylic acids is 1. The van der Waals surface area contributed by atoms with Gasteiger partial charge in [0.2, 0.25) is 0 Å². The lowest BCUT2D eigenvalue weighted by Gasteiger charge is -2.07. The summed E-state index contributed by atoms with van der Waals surface area (Å²) in [6.45, 7) is 2.75. The second-order valence-corrected chi connectivity index (χ2v) is 9.10. The lowest BCUT2D eigenvalue weighted by molar-refractivity contribution is 0.0925. The Hall–Kier alpha value is -2.91. The first kappa shape index (κ1) is 21.3. The third kappa shape index (κ3) is 5.42. The molecule has 0 fully saturated rings. The largest absolute Gasteiger partial charge is 0.494 e. The van der Waals surface area contributed by atoms with E-state index >= 15 is 0 Å². The van der Waals surface area contributed by atoms with Crippen molar-refractivity contribution in [2.45, 2.75) is 23.4 Å². The van der Waals surface area contributed by atoms with Crippen LogP contribution < -0.4 is 10.1 Å². The molecule has 0 aliphatic heterocycles. The minimum atomic E-state index is -0.305. The van der Waals surface area contributed by atoms with E-state index in [4.69, 9.17) is 9.15 Å². The SMILES string of the molecule is Cc1nnc(SCc2c(C(=O)NCCCOc3ccc(F)cc3)oc3ccccc23)s1. The maximum Gasteiger partial charge on any atom is 0.287 e. The van der Waals surface area contributed by atoms with E-state index in [1.807, 2.05) is 31.2 Å². The zero-order valence-electron chi connectivity index (χ0n) is 16.8. The molecule has 0 bridgehead atoms. The molecule has 0 atom stereocenters. The molecule has 160 valence electrons. The number of nitrogens with zero attached hydrogens (tertiary/aromatic N) is 2. The number of ether oxygens (including phenoxy) is 1. The van der Waals surface area contributed by atoms with Gasteiger partial charge in [0, 0.05) is 23.2 Å². The molecular formula is C22H20FN3O3S2. The molecule has 0 radical (unpaired) electrons. The molecule has 0 aliphatic rings. The normalized spacial score (nSPS) is 11.0. The van der Waals surface area contributed by atoms with Gasteiger partial charge >= 0.3 is 0 Å². The molecule has 2 aromatic carbocycles. The zero-order chi connectivity index (χ0) is 21.6. The number of hydrogen-bond acceptors (Lipinski definition) is 7. The first-order chi connectivity index (χ1) is 15.1. The van der Waals surface area contributed by atoms with Crippen molar-refractivity contribution < 1.29 is 18.3 Å². The van der Waals surface area contributed by atoms with Crippen LogP contribution in [0.1, 0.15) is 27.5 Å². The number of hydrogen-bond donors (Lipinski definition) is 1. The van der Waals surface area contributed by atoms with Crippen LogP contribution >= 0.6 is 23.1 Å². The van der Waals surface area contributed by atoms with Gasteiger partial charge in [-0.15, -0.1) is 10.2 Å². The standard InChI is InChI=1S/C22H20FN3O3S2/c1-14-25-26-22(31-14)30-13-18-17-5-2-3-6-19(17)29-20(18)21(27)24-11-4-12-28-16-9-7-15(23)8-10-16/h2-3,5-10H,4,11-13H2,1H3,(H,24,27). The fraction of sp³-hybridized carbons (Fsp3) is 0.227. The summed E-state index contributed by atoms with van der Waals surface area (Å²) in [4.78, 5) is 12.8. The number of rotatable bonds is 9. The van der Waals surface area contributed by atoms with E-state index < -0.39 is 0 Å². The van der Waals surface area contributed by atoms with Crippen LogP contribution in [0.5, 0.6) is 5.75 Å². The van der Waals surface area contributed by atoms with Crippen molar-refractivity contribution in [3.05, 3.63) is 70.7 Å². The first-order valence-corrected chi connectivity index (χ1v) is 11.5. The number of para-hydroxylation sites is 1. The molecule has 0 spiro atoms. The Bertz CT molecular complexity index is 1170. The van der Waals surface area contributed by atoms with Gasteiger partial charge in [-0.2, -0.15) is 0 Å². The Morgan fingerprint density at radius 3 is 2.77 bits per heavy atom. The van der Waals surface area contributed by atoms with Gasteiger partial charge in [0.1, 0.15) is 22.2 Å². The Kier molecular flexibility index (Phi) is 6.83. The number of thioether (sulfide) groups is 1. The molecule has 4 rings (SSSR count). The van der Waals surface area contributed by atoms with Gasteiger partial charge in [0.25, 0.3) is 5.91 Å². The molecule has 0 saturated heterocycles.